The summed E-state index contributed by atoms with van der Waals surface area (Å²) in [7, 11) is -0.595. The van der Waals surface area contributed by atoms with Crippen LogP contribution in [-0.4, -0.2) is 45.2 Å². The van der Waals surface area contributed by atoms with Crippen LogP contribution in [0.2, 0.25) is 18.1 Å². The minimum absolute atomic E-state index is 0.0658. The van der Waals surface area contributed by atoms with Gasteiger partial charge in [0.2, 0.25) is 5.79 Å². The third-order valence-corrected chi connectivity index (χ3v) is 11.4. The molecule has 31 heavy (non-hydrogen) atoms. The van der Waals surface area contributed by atoms with Crippen molar-refractivity contribution in [3.63, 3.8) is 0 Å². The van der Waals surface area contributed by atoms with Crippen LogP contribution in [0.1, 0.15) is 85.0 Å². The maximum atomic E-state index is 12.8. The molecule has 0 aromatic heterocycles. The van der Waals surface area contributed by atoms with Gasteiger partial charge in [-0.25, -0.2) is 0 Å². The molecule has 1 heterocycles. The van der Waals surface area contributed by atoms with Gasteiger partial charge in [0.25, 0.3) is 0 Å². The molecule has 2 rings (SSSR count). The Hall–Kier alpha value is -1.18. The highest BCUT2D eigenvalue weighted by Gasteiger charge is 2.45. The van der Waals surface area contributed by atoms with Gasteiger partial charge in [-0.1, -0.05) is 33.8 Å². The molecule has 0 amide bonds. The first-order chi connectivity index (χ1) is 14.4. The number of hydrogen-bond donors (Lipinski definition) is 0. The smallest absolute Gasteiger partial charge is 0.308 e. The van der Waals surface area contributed by atoms with E-state index in [1.807, 2.05) is 0 Å². The SMILES string of the molecule is C=C1C[C@H](C(=O)CCCCC(CC(=O)OC)O[Si](C)(C)C(C)(C)C)OC2(CCCC2)O1. The molecule has 1 unspecified atom stereocenters. The molecule has 0 aromatic rings. The number of esters is 1. The van der Waals surface area contributed by atoms with Gasteiger partial charge in [0, 0.05) is 25.7 Å². The lowest BCUT2D eigenvalue weighted by molar-refractivity contribution is -0.259. The molecule has 1 saturated carbocycles. The lowest BCUT2D eigenvalue weighted by Crippen LogP contribution is -2.44. The van der Waals surface area contributed by atoms with Crippen LogP contribution >= 0.6 is 0 Å². The van der Waals surface area contributed by atoms with Crippen molar-refractivity contribution in [1.82, 2.24) is 0 Å². The van der Waals surface area contributed by atoms with E-state index in [1.165, 1.54) is 7.11 Å². The van der Waals surface area contributed by atoms with E-state index < -0.39 is 20.2 Å². The normalized spacial score (nSPS) is 22.3. The monoisotopic (exact) mass is 454 g/mol. The van der Waals surface area contributed by atoms with E-state index in [9.17, 15) is 9.59 Å². The topological polar surface area (TPSA) is 71.1 Å². The zero-order valence-corrected chi connectivity index (χ0v) is 21.4. The summed E-state index contributed by atoms with van der Waals surface area (Å²) in [6.45, 7) is 14.9. The Bertz CT molecular complexity index is 645. The van der Waals surface area contributed by atoms with Crippen LogP contribution in [0.5, 0.6) is 0 Å². The fraction of sp³-hybridized carbons (Fsp3) is 0.833. The summed E-state index contributed by atoms with van der Waals surface area (Å²) >= 11 is 0. The second-order valence-corrected chi connectivity index (χ2v) is 15.3. The molecule has 1 spiro atoms. The van der Waals surface area contributed by atoms with Gasteiger partial charge < -0.3 is 18.6 Å². The highest BCUT2D eigenvalue weighted by Crippen LogP contribution is 2.42. The quantitative estimate of drug-likeness (QED) is 0.241. The molecule has 0 bridgehead atoms. The van der Waals surface area contributed by atoms with Gasteiger partial charge in [0.15, 0.2) is 14.1 Å². The van der Waals surface area contributed by atoms with E-state index in [1.54, 1.807) is 0 Å². The predicted molar refractivity (Wildman–Crippen MR) is 123 cm³/mol. The van der Waals surface area contributed by atoms with Crippen molar-refractivity contribution in [2.45, 2.75) is 121 Å². The molecule has 1 aliphatic heterocycles. The molecule has 0 N–H and O–H groups in total. The molecule has 1 saturated heterocycles. The van der Waals surface area contributed by atoms with Crippen molar-refractivity contribution in [1.29, 1.82) is 0 Å². The third kappa shape index (κ3) is 7.43. The Balaban J connectivity index is 1.85. The number of ketones is 1. The number of Topliss-reactive ketones (excluding diaryl/α,β-unsaturated/α-hetero) is 1. The number of hydrogen-bond acceptors (Lipinski definition) is 6. The molecule has 0 aromatic carbocycles. The maximum Gasteiger partial charge on any atom is 0.308 e. The van der Waals surface area contributed by atoms with Gasteiger partial charge in [0.1, 0.15) is 6.10 Å². The van der Waals surface area contributed by atoms with Crippen LogP contribution in [0.15, 0.2) is 12.3 Å². The van der Waals surface area contributed by atoms with Gasteiger partial charge in [-0.3, -0.25) is 9.59 Å². The second-order valence-electron chi connectivity index (χ2n) is 10.6. The first-order valence-electron chi connectivity index (χ1n) is 11.7. The molecule has 2 fully saturated rings. The molecule has 6 nitrogen and oxygen atoms in total. The fourth-order valence-electron chi connectivity index (χ4n) is 4.05. The highest BCUT2D eigenvalue weighted by molar-refractivity contribution is 6.74. The number of unbranched alkanes of at least 4 members (excludes halogenated alkanes) is 1. The van der Waals surface area contributed by atoms with Crippen LogP contribution in [0.25, 0.3) is 0 Å². The van der Waals surface area contributed by atoms with E-state index in [-0.39, 0.29) is 29.3 Å². The number of carbonyl (C=O) groups excluding carboxylic acids is 2. The number of ether oxygens (including phenoxy) is 3. The molecule has 2 atom stereocenters. The number of rotatable bonds is 10. The third-order valence-electron chi connectivity index (χ3n) is 6.91. The Kier molecular flexibility index (Phi) is 8.93. The van der Waals surface area contributed by atoms with E-state index in [0.717, 1.165) is 44.9 Å². The maximum absolute atomic E-state index is 12.8. The van der Waals surface area contributed by atoms with E-state index in [4.69, 9.17) is 18.6 Å². The van der Waals surface area contributed by atoms with Crippen LogP contribution in [0.4, 0.5) is 0 Å². The zero-order valence-electron chi connectivity index (χ0n) is 20.4. The zero-order chi connectivity index (χ0) is 23.3. The second kappa shape index (κ2) is 10.6. The molecular weight excluding hydrogens is 412 g/mol. The van der Waals surface area contributed by atoms with Crippen LogP contribution in [0, 0.1) is 0 Å². The average Bonchev–Trinajstić information content (AvgIpc) is 3.09. The van der Waals surface area contributed by atoms with Crippen molar-refractivity contribution >= 4 is 20.1 Å². The first kappa shape index (κ1) is 26.1. The van der Waals surface area contributed by atoms with Gasteiger partial charge in [0.05, 0.1) is 25.4 Å². The van der Waals surface area contributed by atoms with Crippen molar-refractivity contribution < 1.29 is 28.2 Å². The van der Waals surface area contributed by atoms with Crippen LogP contribution in [0.3, 0.4) is 0 Å². The minimum atomic E-state index is -2.00. The molecule has 1 aliphatic carbocycles. The van der Waals surface area contributed by atoms with Crippen molar-refractivity contribution in [2.24, 2.45) is 0 Å². The summed E-state index contributed by atoms with van der Waals surface area (Å²) in [4.78, 5) is 24.7. The Morgan fingerprint density at radius 1 is 1.23 bits per heavy atom. The van der Waals surface area contributed by atoms with E-state index in [0.29, 0.717) is 18.6 Å². The fourth-order valence-corrected chi connectivity index (χ4v) is 5.44. The van der Waals surface area contributed by atoms with Gasteiger partial charge in [-0.15, -0.1) is 0 Å². The first-order valence-corrected chi connectivity index (χ1v) is 14.6. The molecular formula is C24H42O6Si. The molecule has 178 valence electrons. The van der Waals surface area contributed by atoms with Crippen LogP contribution < -0.4 is 0 Å². The predicted octanol–water partition coefficient (Wildman–Crippen LogP) is 5.66. The summed E-state index contributed by atoms with van der Waals surface area (Å²) in [6.07, 6.45) is 6.61. The minimum Gasteiger partial charge on any atom is -0.469 e. The van der Waals surface area contributed by atoms with E-state index >= 15 is 0 Å². The molecule has 0 radical (unpaired) electrons. The molecule has 7 heteroatoms. The van der Waals surface area contributed by atoms with Crippen molar-refractivity contribution in [3.05, 3.63) is 12.3 Å². The van der Waals surface area contributed by atoms with E-state index in [2.05, 4.69) is 40.4 Å². The summed E-state index contributed by atoms with van der Waals surface area (Å²) < 4.78 is 23.3. The van der Waals surface area contributed by atoms with Gasteiger partial charge in [-0.2, -0.15) is 0 Å². The van der Waals surface area contributed by atoms with Crippen LogP contribution in [-0.2, 0) is 28.2 Å². The lowest BCUT2D eigenvalue weighted by Gasteiger charge is -2.39. The van der Waals surface area contributed by atoms with Gasteiger partial charge in [-0.05, 0) is 43.8 Å². The number of carbonyl (C=O) groups is 2. The summed E-state index contributed by atoms with van der Waals surface area (Å²) in [5.74, 6) is -0.105. The lowest BCUT2D eigenvalue weighted by atomic mass is 10.0. The molecule has 2 aliphatic rings. The standard InChI is InChI=1S/C24H42O6Si/c1-18-16-21(29-24(28-18)14-10-11-15-24)20(25)13-9-8-12-19(17-22(26)27-5)30-31(6,7)23(2,3)4/h19,21H,1,8-17H2,2-7H3/t19?,21-/m1/s1. The average molecular weight is 455 g/mol. The summed E-state index contributed by atoms with van der Waals surface area (Å²) in [5.41, 5.74) is 0. The van der Waals surface area contributed by atoms with Gasteiger partial charge >= 0.3 is 5.97 Å². The van der Waals surface area contributed by atoms with Crippen molar-refractivity contribution in [2.75, 3.05) is 7.11 Å². The Labute approximate surface area is 189 Å². The highest BCUT2D eigenvalue weighted by atomic mass is 28.4. The summed E-state index contributed by atoms with van der Waals surface area (Å²) in [5, 5.41) is 0.0658. The van der Waals surface area contributed by atoms with Crippen molar-refractivity contribution in [3.8, 4) is 0 Å². The largest absolute Gasteiger partial charge is 0.469 e. The summed E-state index contributed by atoms with van der Waals surface area (Å²) in [6, 6.07) is 0. The Morgan fingerprint density at radius 3 is 2.45 bits per heavy atom. The number of methoxy groups -OCH3 is 1. The Morgan fingerprint density at radius 2 is 1.87 bits per heavy atom.